The van der Waals surface area contributed by atoms with Crippen molar-refractivity contribution in [3.63, 3.8) is 0 Å². The van der Waals surface area contributed by atoms with Crippen LogP contribution in [0.4, 0.5) is 5.69 Å². The van der Waals surface area contributed by atoms with Crippen molar-refractivity contribution in [2.75, 3.05) is 5.32 Å². The standard InChI is InChI=1S/C16H17N3/c1-12-8-6-7-11-15(12)18-13(2)19-16(17)14-9-4-3-5-10-14/h3-11H,1-2H3,(H2,17,18,19). The maximum Gasteiger partial charge on any atom is 0.153 e. The third-order valence-corrected chi connectivity index (χ3v) is 2.79. The molecule has 0 amide bonds. The van der Waals surface area contributed by atoms with Crippen molar-refractivity contribution in [3.05, 3.63) is 65.7 Å². The molecule has 96 valence electrons. The summed E-state index contributed by atoms with van der Waals surface area (Å²) in [6.07, 6.45) is 0. The second-order valence-corrected chi connectivity index (χ2v) is 4.35. The van der Waals surface area contributed by atoms with E-state index in [4.69, 9.17) is 5.41 Å². The van der Waals surface area contributed by atoms with Crippen molar-refractivity contribution in [2.24, 2.45) is 4.99 Å². The van der Waals surface area contributed by atoms with Crippen molar-refractivity contribution in [1.29, 1.82) is 5.41 Å². The average Bonchev–Trinajstić information content (AvgIpc) is 2.42. The smallest absolute Gasteiger partial charge is 0.153 e. The van der Waals surface area contributed by atoms with E-state index in [1.165, 1.54) is 0 Å². The number of aliphatic imine (C=N–C) groups is 1. The molecule has 0 unspecified atom stereocenters. The molecule has 0 aromatic heterocycles. The second kappa shape index (κ2) is 5.96. The molecule has 3 heteroatoms. The SMILES string of the molecule is C/C(=N/C(=N)c1ccccc1)Nc1ccccc1C. The van der Waals surface area contributed by atoms with Crippen LogP contribution in [0.1, 0.15) is 18.1 Å². The van der Waals surface area contributed by atoms with Crippen LogP contribution in [0.25, 0.3) is 0 Å². The number of amidine groups is 2. The van der Waals surface area contributed by atoms with Gasteiger partial charge in [0.15, 0.2) is 5.84 Å². The van der Waals surface area contributed by atoms with Gasteiger partial charge in [0.05, 0.1) is 0 Å². The first-order valence-corrected chi connectivity index (χ1v) is 6.19. The van der Waals surface area contributed by atoms with E-state index in [-0.39, 0.29) is 5.84 Å². The molecule has 0 saturated heterocycles. The van der Waals surface area contributed by atoms with E-state index in [2.05, 4.69) is 10.3 Å². The third-order valence-electron chi connectivity index (χ3n) is 2.79. The van der Waals surface area contributed by atoms with E-state index in [9.17, 15) is 0 Å². The van der Waals surface area contributed by atoms with E-state index in [0.717, 1.165) is 16.8 Å². The first-order valence-electron chi connectivity index (χ1n) is 6.19. The van der Waals surface area contributed by atoms with Crippen molar-refractivity contribution in [3.8, 4) is 0 Å². The maximum atomic E-state index is 7.95. The zero-order valence-electron chi connectivity index (χ0n) is 11.1. The molecule has 19 heavy (non-hydrogen) atoms. The van der Waals surface area contributed by atoms with Gasteiger partial charge in [-0.2, -0.15) is 0 Å². The number of hydrogen-bond acceptors (Lipinski definition) is 1. The normalized spacial score (nSPS) is 11.2. The van der Waals surface area contributed by atoms with Gasteiger partial charge in [-0.3, -0.25) is 5.41 Å². The Kier molecular flexibility index (Phi) is 4.08. The molecule has 2 aromatic rings. The molecule has 0 radical (unpaired) electrons. The predicted molar refractivity (Wildman–Crippen MR) is 81.2 cm³/mol. The van der Waals surface area contributed by atoms with Gasteiger partial charge in [0.25, 0.3) is 0 Å². The lowest BCUT2D eigenvalue weighted by Gasteiger charge is -2.08. The number of nitrogens with zero attached hydrogens (tertiary/aromatic N) is 1. The van der Waals surface area contributed by atoms with Crippen LogP contribution in [0, 0.1) is 12.3 Å². The Labute approximate surface area is 113 Å². The van der Waals surface area contributed by atoms with Gasteiger partial charge < -0.3 is 5.32 Å². The summed E-state index contributed by atoms with van der Waals surface area (Å²) in [6, 6.07) is 17.5. The summed E-state index contributed by atoms with van der Waals surface area (Å²) in [5.74, 6) is 0.974. The Morgan fingerprint density at radius 1 is 1.00 bits per heavy atom. The first-order chi connectivity index (χ1) is 9.16. The van der Waals surface area contributed by atoms with Gasteiger partial charge in [-0.1, -0.05) is 48.5 Å². The van der Waals surface area contributed by atoms with Crippen LogP contribution >= 0.6 is 0 Å². The molecule has 0 heterocycles. The molecule has 0 fully saturated rings. The van der Waals surface area contributed by atoms with Gasteiger partial charge in [0.2, 0.25) is 0 Å². The van der Waals surface area contributed by atoms with E-state index < -0.39 is 0 Å². The highest BCUT2D eigenvalue weighted by Crippen LogP contribution is 2.13. The van der Waals surface area contributed by atoms with Crippen LogP contribution in [-0.2, 0) is 0 Å². The van der Waals surface area contributed by atoms with Gasteiger partial charge in [-0.25, -0.2) is 4.99 Å². The van der Waals surface area contributed by atoms with Gasteiger partial charge in [0, 0.05) is 11.3 Å². The molecule has 0 aliphatic rings. The van der Waals surface area contributed by atoms with Crippen molar-refractivity contribution >= 4 is 17.4 Å². The molecule has 0 aliphatic carbocycles. The Hall–Kier alpha value is -2.42. The molecule has 2 rings (SSSR count). The van der Waals surface area contributed by atoms with E-state index in [1.54, 1.807) is 0 Å². The highest BCUT2D eigenvalue weighted by Gasteiger charge is 2.01. The molecule has 3 nitrogen and oxygen atoms in total. The summed E-state index contributed by atoms with van der Waals surface area (Å²) in [5.41, 5.74) is 2.99. The van der Waals surface area contributed by atoms with E-state index >= 15 is 0 Å². The molecule has 0 aliphatic heterocycles. The van der Waals surface area contributed by atoms with Gasteiger partial charge >= 0.3 is 0 Å². The fraction of sp³-hybridized carbons (Fsp3) is 0.125. The highest BCUT2D eigenvalue weighted by molar-refractivity contribution is 6.07. The molecule has 0 atom stereocenters. The number of rotatable bonds is 2. The van der Waals surface area contributed by atoms with Crippen molar-refractivity contribution in [1.82, 2.24) is 0 Å². The minimum Gasteiger partial charge on any atom is -0.344 e. The monoisotopic (exact) mass is 251 g/mol. The molecule has 2 N–H and O–H groups in total. The summed E-state index contributed by atoms with van der Waals surface area (Å²) in [4.78, 5) is 4.27. The Morgan fingerprint density at radius 2 is 1.63 bits per heavy atom. The van der Waals surface area contributed by atoms with Gasteiger partial charge in [0.1, 0.15) is 5.84 Å². The van der Waals surface area contributed by atoms with Gasteiger partial charge in [-0.15, -0.1) is 0 Å². The topological polar surface area (TPSA) is 48.2 Å². The number of anilines is 1. The quantitative estimate of drug-likeness (QED) is 0.618. The number of aryl methyl sites for hydroxylation is 1. The minimum atomic E-state index is 0.263. The Balaban J connectivity index is 2.12. The van der Waals surface area contributed by atoms with Crippen LogP contribution in [0.2, 0.25) is 0 Å². The number of hydrogen-bond donors (Lipinski definition) is 2. The lowest BCUT2D eigenvalue weighted by Crippen LogP contribution is -2.11. The zero-order chi connectivity index (χ0) is 13.7. The van der Waals surface area contributed by atoms with Crippen LogP contribution in [0.15, 0.2) is 59.6 Å². The summed E-state index contributed by atoms with van der Waals surface area (Å²) >= 11 is 0. The summed E-state index contributed by atoms with van der Waals surface area (Å²) in [5, 5.41) is 11.2. The average molecular weight is 251 g/mol. The van der Waals surface area contributed by atoms with Crippen LogP contribution in [-0.4, -0.2) is 11.7 Å². The molecule has 0 spiro atoms. The number of nitrogens with one attached hydrogen (secondary N) is 2. The summed E-state index contributed by atoms with van der Waals surface area (Å²) in [7, 11) is 0. The van der Waals surface area contributed by atoms with Gasteiger partial charge in [-0.05, 0) is 25.5 Å². The lowest BCUT2D eigenvalue weighted by molar-refractivity contribution is 1.39. The predicted octanol–water partition coefficient (Wildman–Crippen LogP) is 3.85. The van der Waals surface area contributed by atoms with Crippen LogP contribution in [0.3, 0.4) is 0 Å². The lowest BCUT2D eigenvalue weighted by atomic mass is 10.2. The van der Waals surface area contributed by atoms with Crippen molar-refractivity contribution in [2.45, 2.75) is 13.8 Å². The fourth-order valence-corrected chi connectivity index (χ4v) is 1.76. The number of benzene rings is 2. The second-order valence-electron chi connectivity index (χ2n) is 4.35. The van der Waals surface area contributed by atoms with E-state index in [0.29, 0.717) is 5.84 Å². The Bertz CT molecular complexity index is 600. The first kappa shape index (κ1) is 13.0. The summed E-state index contributed by atoms with van der Waals surface area (Å²) < 4.78 is 0. The van der Waals surface area contributed by atoms with Crippen LogP contribution in [0.5, 0.6) is 0 Å². The highest BCUT2D eigenvalue weighted by atomic mass is 15.0. The fourth-order valence-electron chi connectivity index (χ4n) is 1.76. The van der Waals surface area contributed by atoms with Crippen molar-refractivity contribution < 1.29 is 0 Å². The summed E-state index contributed by atoms with van der Waals surface area (Å²) in [6.45, 7) is 3.90. The Morgan fingerprint density at radius 3 is 2.32 bits per heavy atom. The number of para-hydroxylation sites is 1. The molecular formula is C16H17N3. The van der Waals surface area contributed by atoms with E-state index in [1.807, 2.05) is 68.4 Å². The minimum absolute atomic E-state index is 0.263. The zero-order valence-corrected chi connectivity index (χ0v) is 11.1. The molecule has 0 bridgehead atoms. The largest absolute Gasteiger partial charge is 0.344 e. The molecular weight excluding hydrogens is 234 g/mol. The van der Waals surface area contributed by atoms with Crippen LogP contribution < -0.4 is 5.32 Å². The molecule has 0 saturated carbocycles. The maximum absolute atomic E-state index is 7.95. The third kappa shape index (κ3) is 3.52. The molecule has 2 aromatic carbocycles.